The number of nitrogens with one attached hydrogen (secondary N) is 1. The second-order valence-corrected chi connectivity index (χ2v) is 9.81. The third-order valence-electron chi connectivity index (χ3n) is 6.94. The molecule has 5 nitrogen and oxygen atoms in total. The number of esters is 1. The minimum atomic E-state index is -0.913. The fourth-order valence-electron chi connectivity index (χ4n) is 6.22. The van der Waals surface area contributed by atoms with Gasteiger partial charge in [0.25, 0.3) is 0 Å². The van der Waals surface area contributed by atoms with E-state index in [1.165, 1.54) is 26.2 Å². The van der Waals surface area contributed by atoms with Crippen LogP contribution in [0.2, 0.25) is 5.02 Å². The first-order chi connectivity index (χ1) is 13.8. The fraction of sp³-hybridized carbons (Fsp3) is 0.609. The molecule has 0 radical (unpaired) electrons. The number of carbonyl (C=O) groups is 3. The Kier molecular flexibility index (Phi) is 5.69. The van der Waals surface area contributed by atoms with Crippen LogP contribution in [0.4, 0.5) is 0 Å². The van der Waals surface area contributed by atoms with Gasteiger partial charge in [-0.3, -0.25) is 14.4 Å². The van der Waals surface area contributed by atoms with Gasteiger partial charge < -0.3 is 10.1 Å². The lowest BCUT2D eigenvalue weighted by Gasteiger charge is -2.56. The minimum absolute atomic E-state index is 0.0828. The smallest absolute Gasteiger partial charge is 0.326 e. The van der Waals surface area contributed by atoms with Crippen LogP contribution in [0.1, 0.15) is 62.2 Å². The van der Waals surface area contributed by atoms with Gasteiger partial charge in [-0.15, -0.1) is 0 Å². The predicted octanol–water partition coefficient (Wildman–Crippen LogP) is 4.18. The second-order valence-electron chi connectivity index (χ2n) is 9.37. The molecule has 1 aromatic rings. The van der Waals surface area contributed by atoms with Gasteiger partial charge in [0.1, 0.15) is 6.54 Å². The van der Waals surface area contributed by atoms with Crippen molar-refractivity contribution in [2.75, 3.05) is 6.54 Å². The zero-order valence-electron chi connectivity index (χ0n) is 16.8. The van der Waals surface area contributed by atoms with Crippen LogP contribution in [0.3, 0.4) is 0 Å². The van der Waals surface area contributed by atoms with Crippen LogP contribution < -0.4 is 5.32 Å². The zero-order chi connectivity index (χ0) is 20.6. The molecule has 6 heteroatoms. The summed E-state index contributed by atoms with van der Waals surface area (Å²) in [6, 6.07) is 6.44. The zero-order valence-corrected chi connectivity index (χ0v) is 17.5. The summed E-state index contributed by atoms with van der Waals surface area (Å²) in [5.41, 5.74) is 0.571. The molecule has 0 saturated heterocycles. The molecule has 0 aliphatic heterocycles. The molecule has 156 valence electrons. The van der Waals surface area contributed by atoms with Crippen LogP contribution in [0.15, 0.2) is 24.3 Å². The van der Waals surface area contributed by atoms with Gasteiger partial charge in [0.05, 0.1) is 0 Å². The van der Waals surface area contributed by atoms with Crippen molar-refractivity contribution < 1.29 is 19.1 Å². The first-order valence-electron chi connectivity index (χ1n) is 10.6. The van der Waals surface area contributed by atoms with E-state index in [4.69, 9.17) is 16.3 Å². The van der Waals surface area contributed by atoms with Crippen molar-refractivity contribution in [2.24, 2.45) is 23.2 Å². The van der Waals surface area contributed by atoms with Gasteiger partial charge in [-0.2, -0.15) is 0 Å². The molecule has 1 N–H and O–H groups in total. The van der Waals surface area contributed by atoms with Crippen molar-refractivity contribution in [3.8, 4) is 0 Å². The number of hydrogen-bond donors (Lipinski definition) is 1. The number of amides is 1. The first kappa shape index (κ1) is 20.4. The Bertz CT molecular complexity index is 768. The summed E-state index contributed by atoms with van der Waals surface area (Å²) in [7, 11) is 0. The number of halogens is 1. The van der Waals surface area contributed by atoms with E-state index < -0.39 is 12.1 Å². The summed E-state index contributed by atoms with van der Waals surface area (Å²) in [6.45, 7) is 1.33. The van der Waals surface area contributed by atoms with E-state index in [1.807, 2.05) is 0 Å². The molecule has 4 aliphatic rings. The molecule has 5 rings (SSSR count). The van der Waals surface area contributed by atoms with E-state index in [-0.39, 0.29) is 23.7 Å². The summed E-state index contributed by atoms with van der Waals surface area (Å²) in [4.78, 5) is 36.9. The van der Waals surface area contributed by atoms with Crippen LogP contribution in [0.5, 0.6) is 0 Å². The van der Waals surface area contributed by atoms with Crippen LogP contribution in [0, 0.1) is 23.2 Å². The Morgan fingerprint density at radius 2 is 1.62 bits per heavy atom. The van der Waals surface area contributed by atoms with Crippen molar-refractivity contribution >= 4 is 29.3 Å². The van der Waals surface area contributed by atoms with Crippen LogP contribution in [-0.4, -0.2) is 30.3 Å². The Balaban J connectivity index is 1.23. The molecule has 0 heterocycles. The van der Waals surface area contributed by atoms with Gasteiger partial charge in [-0.05, 0) is 92.9 Å². The van der Waals surface area contributed by atoms with Gasteiger partial charge in [0, 0.05) is 17.0 Å². The number of ketones is 1. The molecular formula is C23H28ClNO4. The van der Waals surface area contributed by atoms with Crippen LogP contribution >= 0.6 is 11.6 Å². The maximum absolute atomic E-state index is 12.5. The molecule has 29 heavy (non-hydrogen) atoms. The summed E-state index contributed by atoms with van der Waals surface area (Å²) in [6.07, 6.45) is 7.08. The van der Waals surface area contributed by atoms with E-state index in [2.05, 4.69) is 5.32 Å². The van der Waals surface area contributed by atoms with Gasteiger partial charge in [0.2, 0.25) is 11.7 Å². The first-order valence-corrected chi connectivity index (χ1v) is 11.0. The number of ether oxygens (including phenoxy) is 1. The van der Waals surface area contributed by atoms with E-state index in [0.717, 1.165) is 37.0 Å². The van der Waals surface area contributed by atoms with Gasteiger partial charge >= 0.3 is 5.97 Å². The van der Waals surface area contributed by atoms with Crippen molar-refractivity contribution in [2.45, 2.75) is 58.0 Å². The average molecular weight is 418 g/mol. The molecule has 1 amide bonds. The molecule has 1 atom stereocenters. The Labute approximate surface area is 176 Å². The number of Topliss-reactive ketones (excluding diaryl/α,β-unsaturated/α-hetero) is 1. The Morgan fingerprint density at radius 1 is 1.07 bits per heavy atom. The lowest BCUT2D eigenvalue weighted by Crippen LogP contribution is -2.48. The monoisotopic (exact) mass is 417 g/mol. The maximum Gasteiger partial charge on any atom is 0.326 e. The minimum Gasteiger partial charge on any atom is -0.453 e. The molecule has 0 spiro atoms. The number of carbonyl (C=O) groups excluding carboxylic acids is 3. The van der Waals surface area contributed by atoms with Crippen molar-refractivity contribution in [1.29, 1.82) is 0 Å². The standard InChI is InChI=1S/C23H28ClNO4/c1-14(22(28)18-2-4-19(24)5-3-18)29-21(27)13-25-20(26)12-23-9-15-6-16(10-23)8-17(7-15)11-23/h2-5,14-17H,6-13H2,1H3,(H,25,26)/t14-,15?,16?,17?,23?/m0/s1. The average Bonchev–Trinajstić information content (AvgIpc) is 2.65. The molecule has 4 bridgehead atoms. The quantitative estimate of drug-likeness (QED) is 0.533. The summed E-state index contributed by atoms with van der Waals surface area (Å²) in [5, 5.41) is 3.24. The van der Waals surface area contributed by atoms with Crippen molar-refractivity contribution in [3.63, 3.8) is 0 Å². The second kappa shape index (κ2) is 8.10. The lowest BCUT2D eigenvalue weighted by atomic mass is 9.49. The highest BCUT2D eigenvalue weighted by Crippen LogP contribution is 2.61. The van der Waals surface area contributed by atoms with Gasteiger partial charge in [-0.1, -0.05) is 11.6 Å². The van der Waals surface area contributed by atoms with E-state index >= 15 is 0 Å². The number of rotatable bonds is 7. The molecule has 4 fully saturated rings. The summed E-state index contributed by atoms with van der Waals surface area (Å²) < 4.78 is 5.20. The number of benzene rings is 1. The summed E-state index contributed by atoms with van der Waals surface area (Å²) >= 11 is 5.83. The molecule has 0 aromatic heterocycles. The number of hydrogen-bond acceptors (Lipinski definition) is 4. The largest absolute Gasteiger partial charge is 0.453 e. The summed E-state index contributed by atoms with van der Waals surface area (Å²) in [5.74, 6) is 1.39. The maximum atomic E-state index is 12.5. The van der Waals surface area contributed by atoms with Gasteiger partial charge in [0.15, 0.2) is 6.10 Å². The fourth-order valence-corrected chi connectivity index (χ4v) is 6.35. The SMILES string of the molecule is C[C@H](OC(=O)CNC(=O)CC12CC3CC(CC(C3)C1)C2)C(=O)c1ccc(Cl)cc1. The third-order valence-corrected chi connectivity index (χ3v) is 7.19. The Morgan fingerprint density at radius 3 is 2.17 bits per heavy atom. The van der Waals surface area contributed by atoms with Crippen LogP contribution in [-0.2, 0) is 14.3 Å². The molecular weight excluding hydrogens is 390 g/mol. The topological polar surface area (TPSA) is 72.5 Å². The highest BCUT2D eigenvalue weighted by molar-refractivity contribution is 6.30. The lowest BCUT2D eigenvalue weighted by molar-refractivity contribution is -0.147. The highest BCUT2D eigenvalue weighted by Gasteiger charge is 2.51. The van der Waals surface area contributed by atoms with E-state index in [1.54, 1.807) is 24.3 Å². The molecule has 4 saturated carbocycles. The molecule has 4 aliphatic carbocycles. The third kappa shape index (κ3) is 4.66. The normalized spacial score (nSPS) is 30.6. The van der Waals surface area contributed by atoms with Crippen molar-refractivity contribution in [3.05, 3.63) is 34.9 Å². The highest BCUT2D eigenvalue weighted by atomic mass is 35.5. The van der Waals surface area contributed by atoms with Crippen LogP contribution in [0.25, 0.3) is 0 Å². The molecule has 1 aromatic carbocycles. The van der Waals surface area contributed by atoms with Gasteiger partial charge in [-0.25, -0.2) is 0 Å². The van der Waals surface area contributed by atoms with Crippen molar-refractivity contribution in [1.82, 2.24) is 5.32 Å². The van der Waals surface area contributed by atoms with E-state index in [9.17, 15) is 14.4 Å². The molecule has 0 unspecified atom stereocenters. The Hall–Kier alpha value is -1.88. The predicted molar refractivity (Wildman–Crippen MR) is 110 cm³/mol. The van der Waals surface area contributed by atoms with E-state index in [0.29, 0.717) is 17.0 Å².